The van der Waals surface area contributed by atoms with Crippen molar-refractivity contribution in [1.82, 2.24) is 9.29 Å². The number of hydrogen-bond donors (Lipinski definition) is 1. The van der Waals surface area contributed by atoms with Crippen molar-refractivity contribution in [1.29, 1.82) is 0 Å². The minimum absolute atomic E-state index is 0.167. The van der Waals surface area contributed by atoms with Crippen molar-refractivity contribution in [3.8, 4) is 0 Å². The minimum atomic E-state index is -3.56. The molecule has 0 spiro atoms. The van der Waals surface area contributed by atoms with Crippen molar-refractivity contribution in [3.05, 3.63) is 63.6 Å². The molecular formula is C18H22N2O3S. The molecule has 0 unspecified atom stereocenters. The zero-order valence-corrected chi connectivity index (χ0v) is 14.8. The van der Waals surface area contributed by atoms with E-state index in [4.69, 9.17) is 0 Å². The van der Waals surface area contributed by atoms with Gasteiger partial charge in [-0.15, -0.1) is 0 Å². The van der Waals surface area contributed by atoms with Crippen LogP contribution in [0.4, 0.5) is 0 Å². The third kappa shape index (κ3) is 3.16. The van der Waals surface area contributed by atoms with E-state index in [9.17, 15) is 13.2 Å². The molecule has 2 aromatic rings. The van der Waals surface area contributed by atoms with Gasteiger partial charge >= 0.3 is 0 Å². The van der Waals surface area contributed by atoms with Crippen LogP contribution in [0, 0.1) is 13.8 Å². The zero-order valence-electron chi connectivity index (χ0n) is 14.0. The summed E-state index contributed by atoms with van der Waals surface area (Å²) in [6.45, 7) is 4.29. The number of H-pyrrole nitrogens is 1. The van der Waals surface area contributed by atoms with Gasteiger partial charge in [0.15, 0.2) is 0 Å². The number of hydrogen-bond acceptors (Lipinski definition) is 3. The van der Waals surface area contributed by atoms with Crippen LogP contribution in [0.5, 0.6) is 0 Å². The fourth-order valence-electron chi connectivity index (χ4n) is 3.29. The first-order chi connectivity index (χ1) is 11.4. The first-order valence-corrected chi connectivity index (χ1v) is 9.61. The summed E-state index contributed by atoms with van der Waals surface area (Å²) in [6, 6.07) is 8.25. The van der Waals surface area contributed by atoms with Gasteiger partial charge in [0.2, 0.25) is 15.6 Å². The van der Waals surface area contributed by atoms with Crippen molar-refractivity contribution in [2.24, 2.45) is 0 Å². The van der Waals surface area contributed by atoms with Crippen molar-refractivity contribution in [2.45, 2.75) is 44.0 Å². The van der Waals surface area contributed by atoms with Crippen LogP contribution >= 0.6 is 0 Å². The number of rotatable bonds is 3. The Bertz CT molecular complexity index is 885. The van der Waals surface area contributed by atoms with E-state index in [0.29, 0.717) is 11.4 Å². The number of aryl methyl sites for hydroxylation is 2. The number of sulfonamides is 1. The van der Waals surface area contributed by atoms with Gasteiger partial charge in [0.25, 0.3) is 0 Å². The Morgan fingerprint density at radius 1 is 1.12 bits per heavy atom. The Kier molecular flexibility index (Phi) is 4.60. The van der Waals surface area contributed by atoms with E-state index >= 15 is 0 Å². The number of piperidine rings is 1. The third-order valence-corrected chi connectivity index (χ3v) is 6.54. The highest BCUT2D eigenvalue weighted by Crippen LogP contribution is 2.36. The fraction of sp³-hybridized carbons (Fsp3) is 0.389. The molecule has 1 aliphatic rings. The summed E-state index contributed by atoms with van der Waals surface area (Å²) in [5.41, 5.74) is 2.57. The number of benzene rings is 1. The Hall–Kier alpha value is -1.92. The van der Waals surface area contributed by atoms with E-state index in [1.165, 1.54) is 6.07 Å². The Morgan fingerprint density at radius 2 is 1.83 bits per heavy atom. The van der Waals surface area contributed by atoms with Gasteiger partial charge in [0.1, 0.15) is 0 Å². The second kappa shape index (κ2) is 6.53. The molecule has 1 fully saturated rings. The van der Waals surface area contributed by atoms with E-state index < -0.39 is 10.0 Å². The zero-order chi connectivity index (χ0) is 17.3. The molecule has 5 nitrogen and oxygen atoms in total. The van der Waals surface area contributed by atoms with Crippen molar-refractivity contribution in [3.63, 3.8) is 0 Å². The number of nitrogens with zero attached hydrogens (tertiary/aromatic N) is 1. The topological polar surface area (TPSA) is 70.2 Å². The summed E-state index contributed by atoms with van der Waals surface area (Å²) in [6.07, 6.45) is 4.25. The summed E-state index contributed by atoms with van der Waals surface area (Å²) >= 11 is 0. The van der Waals surface area contributed by atoms with E-state index in [2.05, 4.69) is 4.98 Å². The molecule has 0 radical (unpaired) electrons. The number of pyridine rings is 1. The smallest absolute Gasteiger partial charge is 0.248 e. The second-order valence-electron chi connectivity index (χ2n) is 6.38. The molecule has 0 aliphatic carbocycles. The molecule has 1 saturated heterocycles. The number of aromatic amines is 1. The van der Waals surface area contributed by atoms with Crippen molar-refractivity contribution >= 4 is 10.0 Å². The largest absolute Gasteiger partial charge is 0.329 e. The maximum Gasteiger partial charge on any atom is 0.248 e. The van der Waals surface area contributed by atoms with Gasteiger partial charge in [-0.05, 0) is 49.9 Å². The predicted molar refractivity (Wildman–Crippen MR) is 93.5 cm³/mol. The highest BCUT2D eigenvalue weighted by molar-refractivity contribution is 7.89. The van der Waals surface area contributed by atoms with Crippen LogP contribution in [-0.2, 0) is 10.0 Å². The number of aromatic nitrogens is 1. The molecule has 1 N–H and O–H groups in total. The summed E-state index contributed by atoms with van der Waals surface area (Å²) in [5, 5.41) is 0. The van der Waals surface area contributed by atoms with Crippen LogP contribution in [-0.4, -0.2) is 24.3 Å². The molecule has 1 aromatic carbocycles. The van der Waals surface area contributed by atoms with Crippen LogP contribution < -0.4 is 5.56 Å². The molecular weight excluding hydrogens is 324 g/mol. The average Bonchev–Trinajstić information content (AvgIpc) is 2.55. The molecule has 1 aliphatic heterocycles. The summed E-state index contributed by atoms with van der Waals surface area (Å²) in [4.78, 5) is 14.5. The van der Waals surface area contributed by atoms with Gasteiger partial charge in [-0.3, -0.25) is 4.79 Å². The first-order valence-electron chi connectivity index (χ1n) is 8.17. The molecule has 0 bridgehead atoms. The lowest BCUT2D eigenvalue weighted by Crippen LogP contribution is -2.39. The van der Waals surface area contributed by atoms with Crippen molar-refractivity contribution < 1.29 is 8.42 Å². The maximum absolute atomic E-state index is 13.1. The quantitative estimate of drug-likeness (QED) is 0.929. The van der Waals surface area contributed by atoms with Crippen molar-refractivity contribution in [2.75, 3.05) is 6.54 Å². The monoisotopic (exact) mass is 346 g/mol. The van der Waals surface area contributed by atoms with E-state index in [0.717, 1.165) is 36.0 Å². The summed E-state index contributed by atoms with van der Waals surface area (Å²) in [5.74, 6) is 0. The maximum atomic E-state index is 13.1. The van der Waals surface area contributed by atoms with Crippen LogP contribution in [0.15, 0.2) is 46.2 Å². The molecule has 0 amide bonds. The summed E-state index contributed by atoms with van der Waals surface area (Å²) in [7, 11) is -3.56. The molecule has 128 valence electrons. The van der Waals surface area contributed by atoms with E-state index in [-0.39, 0.29) is 11.6 Å². The predicted octanol–water partition coefficient (Wildman–Crippen LogP) is 2.91. The molecule has 1 aromatic heterocycles. The highest BCUT2D eigenvalue weighted by Gasteiger charge is 2.35. The first kappa shape index (κ1) is 16.9. The Morgan fingerprint density at radius 3 is 2.50 bits per heavy atom. The van der Waals surface area contributed by atoms with Gasteiger partial charge in [-0.1, -0.05) is 24.1 Å². The fourth-order valence-corrected chi connectivity index (χ4v) is 4.97. The Labute approximate surface area is 142 Å². The normalized spacial score (nSPS) is 19.3. The molecule has 2 heterocycles. The van der Waals surface area contributed by atoms with Gasteiger partial charge in [0, 0.05) is 18.8 Å². The minimum Gasteiger partial charge on any atom is -0.329 e. The third-order valence-electron chi connectivity index (χ3n) is 4.61. The van der Waals surface area contributed by atoms with Crippen LogP contribution in [0.25, 0.3) is 0 Å². The molecule has 1 atom stereocenters. The van der Waals surface area contributed by atoms with Gasteiger partial charge < -0.3 is 4.98 Å². The number of nitrogens with one attached hydrogen (secondary N) is 1. The van der Waals surface area contributed by atoms with Gasteiger partial charge in [0.05, 0.1) is 10.9 Å². The van der Waals surface area contributed by atoms with E-state index in [1.54, 1.807) is 22.6 Å². The standard InChI is InChI=1S/C18H22N2O3S/c1-13-6-8-15(9-7-13)24(22,23)20-10-4-3-5-17(20)16-12-19-18(21)11-14(16)2/h6-9,11-12,17H,3-5,10H2,1-2H3,(H,19,21)/t17-/m0/s1. The summed E-state index contributed by atoms with van der Waals surface area (Å²) < 4.78 is 27.8. The SMILES string of the molecule is Cc1ccc(S(=O)(=O)N2CCCC[C@H]2c2c[nH]c(=O)cc2C)cc1. The Balaban J connectivity index is 2.03. The lowest BCUT2D eigenvalue weighted by Gasteiger charge is -2.35. The lowest BCUT2D eigenvalue weighted by atomic mass is 9.96. The second-order valence-corrected chi connectivity index (χ2v) is 8.27. The van der Waals surface area contributed by atoms with Crippen LogP contribution in [0.2, 0.25) is 0 Å². The molecule has 0 saturated carbocycles. The average molecular weight is 346 g/mol. The molecule has 6 heteroatoms. The van der Waals surface area contributed by atoms with Crippen LogP contribution in [0.1, 0.15) is 42.0 Å². The highest BCUT2D eigenvalue weighted by atomic mass is 32.2. The van der Waals surface area contributed by atoms with Gasteiger partial charge in [-0.25, -0.2) is 8.42 Å². The van der Waals surface area contributed by atoms with Crippen LogP contribution in [0.3, 0.4) is 0 Å². The van der Waals surface area contributed by atoms with E-state index in [1.807, 2.05) is 26.0 Å². The molecule has 24 heavy (non-hydrogen) atoms. The van der Waals surface area contributed by atoms with Gasteiger partial charge in [-0.2, -0.15) is 4.31 Å². The lowest BCUT2D eigenvalue weighted by molar-refractivity contribution is 0.255. The molecule has 3 rings (SSSR count).